The molecule has 0 aliphatic carbocycles. The second-order valence-electron chi connectivity index (χ2n) is 6.34. The molecule has 24 heavy (non-hydrogen) atoms. The van der Waals surface area contributed by atoms with E-state index in [0.717, 1.165) is 37.2 Å². The Morgan fingerprint density at radius 1 is 1.29 bits per heavy atom. The average molecular weight is 327 g/mol. The number of phenolic OH excluding ortho intramolecular Hbond substituents is 1. The van der Waals surface area contributed by atoms with E-state index in [9.17, 15) is 5.11 Å². The molecule has 2 aromatic rings. The number of methoxy groups -OCH3 is 1. The Morgan fingerprint density at radius 3 is 2.92 bits per heavy atom. The summed E-state index contributed by atoms with van der Waals surface area (Å²) in [5.41, 5.74) is 2.37. The van der Waals surface area contributed by atoms with Gasteiger partial charge in [0, 0.05) is 24.1 Å². The zero-order chi connectivity index (χ0) is 16.9. The van der Waals surface area contributed by atoms with Crippen LogP contribution in [-0.2, 0) is 6.42 Å². The van der Waals surface area contributed by atoms with Gasteiger partial charge in [0.2, 0.25) is 0 Å². The van der Waals surface area contributed by atoms with E-state index in [1.54, 1.807) is 13.2 Å². The average Bonchev–Trinajstić information content (AvgIpc) is 2.60. The van der Waals surface area contributed by atoms with Gasteiger partial charge in [0.1, 0.15) is 5.75 Å². The van der Waals surface area contributed by atoms with Gasteiger partial charge in [0.15, 0.2) is 11.5 Å². The lowest BCUT2D eigenvalue weighted by Gasteiger charge is -2.29. The molecular formula is C20H25NO3. The third kappa shape index (κ3) is 3.82. The molecule has 0 radical (unpaired) electrons. The van der Waals surface area contributed by atoms with Crippen molar-refractivity contribution in [1.29, 1.82) is 0 Å². The van der Waals surface area contributed by atoms with Crippen molar-refractivity contribution in [3.05, 3.63) is 53.6 Å². The molecule has 0 aromatic heterocycles. The van der Waals surface area contributed by atoms with Crippen molar-refractivity contribution in [2.24, 2.45) is 0 Å². The third-order valence-corrected chi connectivity index (χ3v) is 4.55. The molecule has 2 N–H and O–H groups in total. The van der Waals surface area contributed by atoms with Gasteiger partial charge in [-0.1, -0.05) is 24.3 Å². The van der Waals surface area contributed by atoms with Gasteiger partial charge in [0.05, 0.1) is 13.7 Å². The Kier molecular flexibility index (Phi) is 5.26. The number of aryl methyl sites for hydroxylation is 1. The molecule has 1 aliphatic heterocycles. The Balaban J connectivity index is 1.57. The Morgan fingerprint density at radius 2 is 2.12 bits per heavy atom. The fraction of sp³-hybridized carbons (Fsp3) is 0.400. The molecule has 2 aromatic carbocycles. The highest BCUT2D eigenvalue weighted by Gasteiger charge is 2.22. The van der Waals surface area contributed by atoms with Crippen molar-refractivity contribution in [3.8, 4) is 17.2 Å². The van der Waals surface area contributed by atoms with Crippen LogP contribution in [0.25, 0.3) is 0 Å². The van der Waals surface area contributed by atoms with Crippen LogP contribution in [0.4, 0.5) is 0 Å². The molecule has 2 unspecified atom stereocenters. The number of nitrogens with one attached hydrogen (secondary N) is 1. The summed E-state index contributed by atoms with van der Waals surface area (Å²) in [6, 6.07) is 14.6. The summed E-state index contributed by atoms with van der Waals surface area (Å²) in [5, 5.41) is 13.6. The van der Waals surface area contributed by atoms with E-state index in [1.165, 1.54) is 5.56 Å². The number of rotatable bonds is 6. The topological polar surface area (TPSA) is 50.7 Å². The SMILES string of the molecule is COc1ccc(CCC(C)NC2CCOc3ccccc32)cc1O. The molecule has 1 aliphatic rings. The molecule has 3 rings (SSSR count). The standard InChI is InChI=1S/C20H25NO3/c1-14(7-8-15-9-10-20(23-2)18(22)13-15)21-17-11-12-24-19-6-4-3-5-16(17)19/h3-6,9-10,13-14,17,21-22H,7-8,11-12H2,1-2H3. The molecule has 2 atom stereocenters. The number of hydrogen-bond acceptors (Lipinski definition) is 4. The highest BCUT2D eigenvalue weighted by atomic mass is 16.5. The van der Waals surface area contributed by atoms with Gasteiger partial charge in [0.25, 0.3) is 0 Å². The molecule has 0 spiro atoms. The summed E-state index contributed by atoms with van der Waals surface area (Å²) in [6.07, 6.45) is 2.91. The van der Waals surface area contributed by atoms with E-state index in [-0.39, 0.29) is 5.75 Å². The molecule has 0 bridgehead atoms. The molecule has 4 heteroatoms. The molecule has 0 saturated heterocycles. The Labute approximate surface area is 143 Å². The van der Waals surface area contributed by atoms with E-state index in [2.05, 4.69) is 24.4 Å². The van der Waals surface area contributed by atoms with E-state index >= 15 is 0 Å². The van der Waals surface area contributed by atoms with Crippen LogP contribution in [0.1, 0.15) is 36.9 Å². The molecule has 0 fully saturated rings. The van der Waals surface area contributed by atoms with Gasteiger partial charge in [-0.3, -0.25) is 0 Å². The number of para-hydroxylation sites is 1. The normalized spacial score (nSPS) is 17.7. The van der Waals surface area contributed by atoms with Crippen molar-refractivity contribution in [3.63, 3.8) is 0 Å². The van der Waals surface area contributed by atoms with E-state index < -0.39 is 0 Å². The van der Waals surface area contributed by atoms with Gasteiger partial charge in [-0.15, -0.1) is 0 Å². The number of hydrogen-bond donors (Lipinski definition) is 2. The first-order chi connectivity index (χ1) is 11.7. The number of aromatic hydroxyl groups is 1. The lowest BCUT2D eigenvalue weighted by atomic mass is 9.98. The monoisotopic (exact) mass is 327 g/mol. The lowest BCUT2D eigenvalue weighted by molar-refractivity contribution is 0.244. The highest BCUT2D eigenvalue weighted by molar-refractivity contribution is 5.41. The quantitative estimate of drug-likeness (QED) is 0.846. The van der Waals surface area contributed by atoms with Crippen molar-refractivity contribution < 1.29 is 14.6 Å². The van der Waals surface area contributed by atoms with Crippen molar-refractivity contribution >= 4 is 0 Å². The molecular weight excluding hydrogens is 302 g/mol. The lowest BCUT2D eigenvalue weighted by Crippen LogP contribution is -2.34. The number of fused-ring (bicyclic) bond motifs is 1. The predicted octanol–water partition coefficient (Wildman–Crippen LogP) is 3.84. The Bertz CT molecular complexity index is 686. The van der Waals surface area contributed by atoms with Crippen LogP contribution >= 0.6 is 0 Å². The number of phenols is 1. The zero-order valence-electron chi connectivity index (χ0n) is 14.3. The second-order valence-corrected chi connectivity index (χ2v) is 6.34. The first kappa shape index (κ1) is 16.7. The fourth-order valence-electron chi connectivity index (χ4n) is 3.22. The fourth-order valence-corrected chi connectivity index (χ4v) is 3.22. The molecule has 128 valence electrons. The predicted molar refractivity (Wildman–Crippen MR) is 94.9 cm³/mol. The summed E-state index contributed by atoms with van der Waals surface area (Å²) < 4.78 is 10.8. The minimum Gasteiger partial charge on any atom is -0.504 e. The molecule has 0 saturated carbocycles. The minimum absolute atomic E-state index is 0.203. The van der Waals surface area contributed by atoms with Crippen LogP contribution in [0, 0.1) is 0 Å². The maximum atomic E-state index is 9.87. The first-order valence-corrected chi connectivity index (χ1v) is 8.51. The van der Waals surface area contributed by atoms with Gasteiger partial charge >= 0.3 is 0 Å². The number of benzene rings is 2. The zero-order valence-corrected chi connectivity index (χ0v) is 14.3. The first-order valence-electron chi connectivity index (χ1n) is 8.51. The van der Waals surface area contributed by atoms with Gasteiger partial charge < -0.3 is 19.9 Å². The minimum atomic E-state index is 0.203. The molecule has 1 heterocycles. The highest BCUT2D eigenvalue weighted by Crippen LogP contribution is 2.32. The van der Waals surface area contributed by atoms with Crippen molar-refractivity contribution in [2.45, 2.75) is 38.3 Å². The van der Waals surface area contributed by atoms with Crippen molar-refractivity contribution in [1.82, 2.24) is 5.32 Å². The van der Waals surface area contributed by atoms with Crippen LogP contribution in [-0.4, -0.2) is 24.9 Å². The van der Waals surface area contributed by atoms with Gasteiger partial charge in [-0.25, -0.2) is 0 Å². The number of ether oxygens (including phenoxy) is 2. The summed E-state index contributed by atoms with van der Waals surface area (Å²) in [5.74, 6) is 1.71. The van der Waals surface area contributed by atoms with Crippen LogP contribution in [0.3, 0.4) is 0 Å². The summed E-state index contributed by atoms with van der Waals surface area (Å²) in [7, 11) is 1.56. The second kappa shape index (κ2) is 7.58. The summed E-state index contributed by atoms with van der Waals surface area (Å²) in [6.45, 7) is 2.97. The van der Waals surface area contributed by atoms with Gasteiger partial charge in [-0.05, 0) is 43.5 Å². The third-order valence-electron chi connectivity index (χ3n) is 4.55. The Hall–Kier alpha value is -2.20. The van der Waals surface area contributed by atoms with Crippen LogP contribution in [0.15, 0.2) is 42.5 Å². The largest absolute Gasteiger partial charge is 0.504 e. The maximum absolute atomic E-state index is 9.87. The smallest absolute Gasteiger partial charge is 0.160 e. The van der Waals surface area contributed by atoms with Crippen LogP contribution in [0.2, 0.25) is 0 Å². The van der Waals surface area contributed by atoms with E-state index in [1.807, 2.05) is 24.3 Å². The molecule has 0 amide bonds. The summed E-state index contributed by atoms with van der Waals surface area (Å²) in [4.78, 5) is 0. The molecule has 4 nitrogen and oxygen atoms in total. The van der Waals surface area contributed by atoms with Crippen molar-refractivity contribution in [2.75, 3.05) is 13.7 Å². The van der Waals surface area contributed by atoms with Gasteiger partial charge in [-0.2, -0.15) is 0 Å². The maximum Gasteiger partial charge on any atom is 0.160 e. The van der Waals surface area contributed by atoms with Crippen LogP contribution in [0.5, 0.6) is 17.2 Å². The van der Waals surface area contributed by atoms with E-state index in [4.69, 9.17) is 9.47 Å². The summed E-state index contributed by atoms with van der Waals surface area (Å²) >= 11 is 0. The van der Waals surface area contributed by atoms with Crippen LogP contribution < -0.4 is 14.8 Å². The van der Waals surface area contributed by atoms with E-state index in [0.29, 0.717) is 17.8 Å².